The Morgan fingerprint density at radius 2 is 1.74 bits per heavy atom. The van der Waals surface area contributed by atoms with Crippen molar-refractivity contribution in [1.29, 1.82) is 0 Å². The van der Waals surface area contributed by atoms with Gasteiger partial charge in [0.25, 0.3) is 0 Å². The second-order valence-electron chi connectivity index (χ2n) is 6.25. The average molecular weight is 325 g/mol. The molecule has 1 aliphatic rings. The van der Waals surface area contributed by atoms with Crippen molar-refractivity contribution in [3.05, 3.63) is 66.2 Å². The minimum absolute atomic E-state index is 0.163. The first-order valence-electron chi connectivity index (χ1n) is 8.29. The molecule has 2 atom stereocenters. The van der Waals surface area contributed by atoms with Crippen LogP contribution in [0.15, 0.2) is 65.6 Å². The molecule has 0 unspecified atom stereocenters. The molecule has 0 N–H and O–H groups in total. The number of likely N-dealkylation sites (tertiary alicyclic amines) is 1. The fraction of sp³-hybridized carbons (Fsp3) is 0.350. The third kappa shape index (κ3) is 4.17. The molecule has 23 heavy (non-hydrogen) atoms. The van der Waals surface area contributed by atoms with Crippen LogP contribution < -0.4 is 0 Å². The summed E-state index contributed by atoms with van der Waals surface area (Å²) in [6.07, 6.45) is 2.34. The van der Waals surface area contributed by atoms with Gasteiger partial charge in [-0.25, -0.2) is 0 Å². The van der Waals surface area contributed by atoms with Gasteiger partial charge in [-0.2, -0.15) is 0 Å². The van der Waals surface area contributed by atoms with Crippen LogP contribution in [0.25, 0.3) is 0 Å². The molecule has 0 saturated carbocycles. The normalized spacial score (nSPS) is 19.3. The fourth-order valence-electron chi connectivity index (χ4n) is 3.08. The fourth-order valence-corrected chi connectivity index (χ4v) is 4.21. The summed E-state index contributed by atoms with van der Waals surface area (Å²) in [5.41, 5.74) is 1.09. The van der Waals surface area contributed by atoms with E-state index >= 15 is 0 Å². The van der Waals surface area contributed by atoms with E-state index in [1.54, 1.807) is 11.8 Å². The summed E-state index contributed by atoms with van der Waals surface area (Å²) in [4.78, 5) is 16.3. The summed E-state index contributed by atoms with van der Waals surface area (Å²) < 4.78 is 0. The molecular weight excluding hydrogens is 302 g/mol. The highest BCUT2D eigenvalue weighted by Gasteiger charge is 2.29. The van der Waals surface area contributed by atoms with Gasteiger partial charge in [0.05, 0.1) is 0 Å². The van der Waals surface area contributed by atoms with Crippen LogP contribution in [0.5, 0.6) is 0 Å². The van der Waals surface area contributed by atoms with E-state index < -0.39 is 0 Å². The van der Waals surface area contributed by atoms with Crippen LogP contribution in [-0.4, -0.2) is 23.9 Å². The van der Waals surface area contributed by atoms with Crippen molar-refractivity contribution in [2.75, 3.05) is 13.1 Å². The highest BCUT2D eigenvalue weighted by Crippen LogP contribution is 2.37. The first-order valence-corrected chi connectivity index (χ1v) is 9.17. The van der Waals surface area contributed by atoms with Crippen molar-refractivity contribution in [3.63, 3.8) is 0 Å². The SMILES string of the molecule is C[C@H]1CCCN(C(=O)[C@@H](Sc2ccccc2)c2ccccc2)C1. The molecule has 1 saturated heterocycles. The van der Waals surface area contributed by atoms with Gasteiger partial charge in [-0.3, -0.25) is 4.79 Å². The van der Waals surface area contributed by atoms with Crippen LogP contribution >= 0.6 is 11.8 Å². The van der Waals surface area contributed by atoms with E-state index in [1.807, 2.05) is 36.4 Å². The van der Waals surface area contributed by atoms with Crippen molar-refractivity contribution < 1.29 is 4.79 Å². The lowest BCUT2D eigenvalue weighted by Crippen LogP contribution is -2.41. The number of piperidine rings is 1. The van der Waals surface area contributed by atoms with E-state index in [2.05, 4.69) is 36.1 Å². The minimum atomic E-state index is -0.163. The van der Waals surface area contributed by atoms with E-state index in [0.717, 1.165) is 30.0 Å². The van der Waals surface area contributed by atoms with Crippen LogP contribution in [0.3, 0.4) is 0 Å². The molecule has 2 nitrogen and oxygen atoms in total. The molecule has 1 heterocycles. The molecule has 0 aromatic heterocycles. The van der Waals surface area contributed by atoms with Gasteiger partial charge >= 0.3 is 0 Å². The molecule has 3 heteroatoms. The van der Waals surface area contributed by atoms with Gasteiger partial charge < -0.3 is 4.90 Å². The van der Waals surface area contributed by atoms with Crippen LogP contribution in [0.2, 0.25) is 0 Å². The lowest BCUT2D eigenvalue weighted by atomic mass is 9.99. The molecule has 1 fully saturated rings. The second-order valence-corrected chi connectivity index (χ2v) is 7.43. The summed E-state index contributed by atoms with van der Waals surface area (Å²) in [6, 6.07) is 20.4. The predicted molar refractivity (Wildman–Crippen MR) is 96.5 cm³/mol. The van der Waals surface area contributed by atoms with Gasteiger partial charge in [0.1, 0.15) is 5.25 Å². The molecule has 1 aliphatic heterocycles. The minimum Gasteiger partial charge on any atom is -0.341 e. The number of hydrogen-bond donors (Lipinski definition) is 0. The summed E-state index contributed by atoms with van der Waals surface area (Å²) >= 11 is 1.65. The van der Waals surface area contributed by atoms with Crippen molar-refractivity contribution in [3.8, 4) is 0 Å². The molecule has 0 bridgehead atoms. The Kier molecular flexibility index (Phi) is 5.39. The Balaban J connectivity index is 1.84. The molecule has 3 rings (SSSR count). The maximum atomic E-state index is 13.2. The van der Waals surface area contributed by atoms with E-state index in [0.29, 0.717) is 5.92 Å². The molecule has 0 radical (unpaired) electrons. The van der Waals surface area contributed by atoms with Crippen LogP contribution in [0.1, 0.15) is 30.6 Å². The van der Waals surface area contributed by atoms with Crippen molar-refractivity contribution in [2.45, 2.75) is 29.9 Å². The number of hydrogen-bond acceptors (Lipinski definition) is 2. The van der Waals surface area contributed by atoms with E-state index in [-0.39, 0.29) is 11.2 Å². The number of carbonyl (C=O) groups is 1. The monoisotopic (exact) mass is 325 g/mol. The predicted octanol–water partition coefficient (Wildman–Crippen LogP) is 4.78. The quantitative estimate of drug-likeness (QED) is 0.754. The molecule has 1 amide bonds. The lowest BCUT2D eigenvalue weighted by molar-refractivity contribution is -0.132. The van der Waals surface area contributed by atoms with Gasteiger partial charge in [0.2, 0.25) is 5.91 Å². The lowest BCUT2D eigenvalue weighted by Gasteiger charge is -2.33. The molecule has 0 aliphatic carbocycles. The van der Waals surface area contributed by atoms with Crippen LogP contribution in [0.4, 0.5) is 0 Å². The molecule has 120 valence electrons. The Hall–Kier alpha value is -1.74. The Labute approximate surface area is 142 Å². The van der Waals surface area contributed by atoms with Crippen molar-refractivity contribution in [1.82, 2.24) is 4.90 Å². The van der Waals surface area contributed by atoms with Crippen molar-refractivity contribution >= 4 is 17.7 Å². The molecular formula is C20H23NOS. The van der Waals surface area contributed by atoms with E-state index in [4.69, 9.17) is 0 Å². The van der Waals surface area contributed by atoms with Crippen LogP contribution in [-0.2, 0) is 4.79 Å². The third-order valence-corrected chi connectivity index (χ3v) is 5.55. The second kappa shape index (κ2) is 7.69. The number of amides is 1. The summed E-state index contributed by atoms with van der Waals surface area (Å²) in [5, 5.41) is -0.163. The smallest absolute Gasteiger partial charge is 0.240 e. The summed E-state index contributed by atoms with van der Waals surface area (Å²) in [7, 11) is 0. The molecule has 0 spiro atoms. The molecule has 2 aromatic rings. The summed E-state index contributed by atoms with van der Waals surface area (Å²) in [6.45, 7) is 4.01. The van der Waals surface area contributed by atoms with Gasteiger partial charge in [-0.1, -0.05) is 55.5 Å². The van der Waals surface area contributed by atoms with E-state index in [9.17, 15) is 4.79 Å². The van der Waals surface area contributed by atoms with Gasteiger partial charge in [0, 0.05) is 18.0 Å². The summed E-state index contributed by atoms with van der Waals surface area (Å²) in [5.74, 6) is 0.849. The maximum absolute atomic E-state index is 13.2. The van der Waals surface area contributed by atoms with Crippen molar-refractivity contribution in [2.24, 2.45) is 5.92 Å². The Morgan fingerprint density at radius 3 is 2.39 bits per heavy atom. The Bertz CT molecular complexity index is 629. The number of benzene rings is 2. The molecule has 2 aromatic carbocycles. The van der Waals surface area contributed by atoms with Gasteiger partial charge in [0.15, 0.2) is 0 Å². The topological polar surface area (TPSA) is 20.3 Å². The zero-order valence-electron chi connectivity index (χ0n) is 13.5. The van der Waals surface area contributed by atoms with Gasteiger partial charge in [-0.05, 0) is 36.5 Å². The largest absolute Gasteiger partial charge is 0.341 e. The zero-order chi connectivity index (χ0) is 16.1. The third-order valence-electron chi connectivity index (χ3n) is 4.29. The zero-order valence-corrected chi connectivity index (χ0v) is 14.3. The number of carbonyl (C=O) groups excluding carboxylic acids is 1. The van der Waals surface area contributed by atoms with E-state index in [1.165, 1.54) is 6.42 Å². The highest BCUT2D eigenvalue weighted by molar-refractivity contribution is 8.00. The highest BCUT2D eigenvalue weighted by atomic mass is 32.2. The standard InChI is InChI=1S/C20H23NOS/c1-16-9-8-14-21(15-16)20(22)19(17-10-4-2-5-11-17)23-18-12-6-3-7-13-18/h2-7,10-13,16,19H,8-9,14-15H2,1H3/t16-,19-/m0/s1. The number of rotatable bonds is 4. The Morgan fingerprint density at radius 1 is 1.09 bits per heavy atom. The first kappa shape index (κ1) is 16.1. The maximum Gasteiger partial charge on any atom is 0.240 e. The number of thioether (sulfide) groups is 1. The number of nitrogens with zero attached hydrogens (tertiary/aromatic N) is 1. The van der Waals surface area contributed by atoms with Gasteiger partial charge in [-0.15, -0.1) is 11.8 Å². The average Bonchev–Trinajstić information content (AvgIpc) is 2.61. The first-order chi connectivity index (χ1) is 11.2. The van der Waals surface area contributed by atoms with Crippen LogP contribution in [0, 0.1) is 5.92 Å².